The molecule has 0 saturated carbocycles. The van der Waals surface area contributed by atoms with Gasteiger partial charge in [-0.15, -0.1) is 0 Å². The predicted octanol–water partition coefficient (Wildman–Crippen LogP) is 13.1. The van der Waals surface area contributed by atoms with E-state index in [9.17, 15) is 15.3 Å². The second-order valence-electron chi connectivity index (χ2n) is 20.9. The Hall–Kier alpha value is -7.86. The Labute approximate surface area is 460 Å². The molecular formula is C69H72N6O3. The lowest BCUT2D eigenvalue weighted by atomic mass is 9.92. The molecule has 9 nitrogen and oxygen atoms in total. The molecule has 1 aliphatic heterocycles. The Morgan fingerprint density at radius 2 is 0.385 bits per heavy atom. The minimum absolute atomic E-state index is 0.241. The topological polar surface area (TPSA) is 133 Å². The summed E-state index contributed by atoms with van der Waals surface area (Å²) < 4.78 is 0. The molecule has 6 bridgehead atoms. The molecule has 396 valence electrons. The maximum Gasteiger partial charge on any atom is 0.124 e. The maximum absolute atomic E-state index is 12.3. The molecule has 0 radical (unpaired) electrons. The normalized spacial score (nSPS) is 20.0. The molecule has 0 spiro atoms. The van der Waals surface area contributed by atoms with Gasteiger partial charge in [-0.2, -0.15) is 0 Å². The van der Waals surface area contributed by atoms with E-state index < -0.39 is 0 Å². The standard InChI is InChI=1S/C69H72N6O3/c1-46-34-55-40-70-61(49-22-10-4-11-23-49)63(51-26-14-6-15-27-51)72-42-57-36-47(2)38-59(68(57)77)44-74-65(53-30-18-8-19-31-53)66(54-32-20-9-21-33-54)75-45-60-39-48(3)37-58(69(60)78)43-73-64(52-28-16-7-17-29-52)62(50-24-12-5-13-25-50)71-41-56(35-46)67(55)76/h4-39,61-66,70-78H,40-45H2,1-3H3/t61-,62-,63-,64+,65+,66-/m1/s1. The molecule has 9 heteroatoms. The number of phenolic OH excluding ortho intramolecular Hbond substituents is 3. The zero-order valence-electron chi connectivity index (χ0n) is 44.8. The molecule has 0 aromatic heterocycles. The van der Waals surface area contributed by atoms with Crippen molar-refractivity contribution in [3.63, 3.8) is 0 Å². The number of benzene rings is 9. The fraction of sp³-hybridized carbons (Fsp3) is 0.217. The van der Waals surface area contributed by atoms with Crippen LogP contribution < -0.4 is 31.9 Å². The van der Waals surface area contributed by atoms with Crippen LogP contribution in [0.4, 0.5) is 0 Å². The Bertz CT molecular complexity index is 2780. The Morgan fingerprint density at radius 1 is 0.244 bits per heavy atom. The average molecular weight is 1030 g/mol. The number of nitrogens with one attached hydrogen (secondary N) is 6. The van der Waals surface area contributed by atoms with Gasteiger partial charge in [0.2, 0.25) is 0 Å². The first-order valence-electron chi connectivity index (χ1n) is 27.3. The van der Waals surface area contributed by atoms with Gasteiger partial charge in [-0.3, -0.25) is 0 Å². The third kappa shape index (κ3) is 12.9. The first-order chi connectivity index (χ1) is 38.2. The third-order valence-electron chi connectivity index (χ3n) is 15.3. The summed E-state index contributed by atoms with van der Waals surface area (Å²) in [7, 11) is 0. The summed E-state index contributed by atoms with van der Waals surface area (Å²) in [5.74, 6) is 0.724. The summed E-state index contributed by atoms with van der Waals surface area (Å²) >= 11 is 0. The van der Waals surface area contributed by atoms with Crippen molar-refractivity contribution >= 4 is 0 Å². The molecule has 0 unspecified atom stereocenters. The minimum Gasteiger partial charge on any atom is -0.507 e. The molecule has 9 aromatic rings. The fourth-order valence-electron chi connectivity index (χ4n) is 11.5. The van der Waals surface area contributed by atoms with E-state index in [-0.39, 0.29) is 53.5 Å². The fourth-order valence-corrected chi connectivity index (χ4v) is 11.5. The largest absolute Gasteiger partial charge is 0.507 e. The van der Waals surface area contributed by atoms with Gasteiger partial charge in [0.25, 0.3) is 0 Å². The third-order valence-corrected chi connectivity index (χ3v) is 15.3. The number of fused-ring (bicyclic) bond motifs is 6. The van der Waals surface area contributed by atoms with Crippen molar-refractivity contribution in [3.8, 4) is 17.2 Å². The van der Waals surface area contributed by atoms with E-state index in [1.165, 1.54) is 0 Å². The van der Waals surface area contributed by atoms with Crippen LogP contribution in [0.15, 0.2) is 218 Å². The van der Waals surface area contributed by atoms with Gasteiger partial charge in [0.1, 0.15) is 17.2 Å². The molecule has 10 rings (SSSR count). The Balaban J connectivity index is 1.09. The van der Waals surface area contributed by atoms with Gasteiger partial charge in [-0.05, 0) is 54.2 Å². The Kier molecular flexibility index (Phi) is 17.5. The lowest BCUT2D eigenvalue weighted by Gasteiger charge is -2.31. The summed E-state index contributed by atoms with van der Waals surface area (Å²) in [5.41, 5.74) is 14.4. The molecule has 1 aliphatic rings. The van der Waals surface area contributed by atoms with Crippen LogP contribution in [0.3, 0.4) is 0 Å². The summed E-state index contributed by atoms with van der Waals surface area (Å²) in [6.45, 7) is 8.56. The van der Waals surface area contributed by atoms with E-state index in [0.29, 0.717) is 39.3 Å². The van der Waals surface area contributed by atoms with Crippen molar-refractivity contribution in [2.24, 2.45) is 0 Å². The second kappa shape index (κ2) is 25.5. The zero-order valence-corrected chi connectivity index (χ0v) is 44.8. The zero-order chi connectivity index (χ0) is 53.8. The van der Waals surface area contributed by atoms with E-state index in [0.717, 1.165) is 83.5 Å². The molecule has 6 atom stereocenters. The summed E-state index contributed by atoms with van der Waals surface area (Å²) in [4.78, 5) is 0. The molecule has 0 amide bonds. The van der Waals surface area contributed by atoms with Crippen LogP contribution in [0.1, 0.15) is 120 Å². The highest BCUT2D eigenvalue weighted by Gasteiger charge is 2.30. The van der Waals surface area contributed by atoms with Crippen molar-refractivity contribution < 1.29 is 15.3 Å². The van der Waals surface area contributed by atoms with Gasteiger partial charge >= 0.3 is 0 Å². The summed E-state index contributed by atoms with van der Waals surface area (Å²) in [6, 6.07) is 73.8. The highest BCUT2D eigenvalue weighted by Crippen LogP contribution is 2.37. The predicted molar refractivity (Wildman–Crippen MR) is 315 cm³/mol. The van der Waals surface area contributed by atoms with E-state index in [2.05, 4.69) is 235 Å². The molecule has 1 heterocycles. The highest BCUT2D eigenvalue weighted by atomic mass is 16.3. The number of hydrogen-bond acceptors (Lipinski definition) is 9. The van der Waals surface area contributed by atoms with E-state index >= 15 is 0 Å². The van der Waals surface area contributed by atoms with Crippen molar-refractivity contribution in [1.82, 2.24) is 31.9 Å². The molecule has 78 heavy (non-hydrogen) atoms. The molecule has 0 aliphatic carbocycles. The molecular weight excluding hydrogens is 961 g/mol. The van der Waals surface area contributed by atoms with Gasteiger partial charge in [0.15, 0.2) is 0 Å². The van der Waals surface area contributed by atoms with Crippen LogP contribution >= 0.6 is 0 Å². The lowest BCUT2D eigenvalue weighted by Crippen LogP contribution is -2.35. The lowest BCUT2D eigenvalue weighted by molar-refractivity contribution is 0.367. The van der Waals surface area contributed by atoms with Gasteiger partial charge in [-0.25, -0.2) is 0 Å². The van der Waals surface area contributed by atoms with Gasteiger partial charge < -0.3 is 47.2 Å². The van der Waals surface area contributed by atoms with Gasteiger partial charge in [0.05, 0.1) is 36.3 Å². The maximum atomic E-state index is 12.3. The monoisotopic (exact) mass is 1030 g/mol. The van der Waals surface area contributed by atoms with Crippen LogP contribution in [-0.4, -0.2) is 15.3 Å². The van der Waals surface area contributed by atoms with Crippen molar-refractivity contribution in [3.05, 3.63) is 302 Å². The molecule has 0 saturated heterocycles. The molecule has 9 N–H and O–H groups in total. The number of phenols is 3. The van der Waals surface area contributed by atoms with E-state index in [1.54, 1.807) is 0 Å². The van der Waals surface area contributed by atoms with Crippen LogP contribution in [-0.2, 0) is 39.3 Å². The van der Waals surface area contributed by atoms with Crippen LogP contribution in [0.25, 0.3) is 0 Å². The van der Waals surface area contributed by atoms with E-state index in [1.807, 2.05) is 36.4 Å². The minimum atomic E-state index is -0.247. The Morgan fingerprint density at radius 3 is 0.526 bits per heavy atom. The first kappa shape index (κ1) is 53.5. The number of rotatable bonds is 6. The van der Waals surface area contributed by atoms with Crippen molar-refractivity contribution in [2.75, 3.05) is 0 Å². The SMILES string of the molecule is Cc1cc2c(O)c(c1)CN[C@H](c1ccccc1)[C@H](c1ccccc1)NCc1cc(C)cc(c1O)CN[C@H](c1ccccc1)[C@H](c1ccccc1)NCc1cc(C)cc(c1O)CN[C@H](c1ccccc1)[C@@H](c1ccccc1)NC2. The summed E-state index contributed by atoms with van der Waals surface area (Å²) in [6.07, 6.45) is 0. The molecule has 9 aromatic carbocycles. The number of hydrogen-bond donors (Lipinski definition) is 9. The van der Waals surface area contributed by atoms with Crippen LogP contribution in [0, 0.1) is 20.8 Å². The van der Waals surface area contributed by atoms with Crippen LogP contribution in [0.5, 0.6) is 17.2 Å². The smallest absolute Gasteiger partial charge is 0.124 e. The van der Waals surface area contributed by atoms with E-state index in [4.69, 9.17) is 0 Å². The van der Waals surface area contributed by atoms with Crippen LogP contribution in [0.2, 0.25) is 0 Å². The number of aryl methyl sites for hydroxylation is 3. The highest BCUT2D eigenvalue weighted by molar-refractivity contribution is 5.47. The second-order valence-corrected chi connectivity index (χ2v) is 20.9. The quantitative estimate of drug-likeness (QED) is 0.0799. The number of aromatic hydroxyl groups is 3. The molecule has 0 fully saturated rings. The first-order valence-corrected chi connectivity index (χ1v) is 27.3. The van der Waals surface area contributed by atoms with Gasteiger partial charge in [0, 0.05) is 72.6 Å². The van der Waals surface area contributed by atoms with Crippen molar-refractivity contribution in [1.29, 1.82) is 0 Å². The summed E-state index contributed by atoms with van der Waals surface area (Å²) in [5, 5.41) is 60.5. The van der Waals surface area contributed by atoms with Gasteiger partial charge in [-0.1, -0.05) is 235 Å². The van der Waals surface area contributed by atoms with Crippen molar-refractivity contribution in [2.45, 2.75) is 96.3 Å². The average Bonchev–Trinajstić information content (AvgIpc) is 3.51.